The SMILES string of the molecule is CC1CC1NC(=O)N[C@@H](C)CF. The number of hydrogen-bond acceptors (Lipinski definition) is 1. The monoisotopic (exact) mass is 174 g/mol. The van der Waals surface area contributed by atoms with E-state index in [9.17, 15) is 9.18 Å². The Kier molecular flexibility index (Phi) is 2.89. The maximum Gasteiger partial charge on any atom is 0.315 e. The molecule has 0 heterocycles. The van der Waals surface area contributed by atoms with Crippen molar-refractivity contribution < 1.29 is 9.18 Å². The van der Waals surface area contributed by atoms with Crippen molar-refractivity contribution in [1.82, 2.24) is 10.6 Å². The van der Waals surface area contributed by atoms with Gasteiger partial charge in [0.1, 0.15) is 6.67 Å². The van der Waals surface area contributed by atoms with Crippen LogP contribution in [0.25, 0.3) is 0 Å². The molecule has 2 amide bonds. The third kappa shape index (κ3) is 2.68. The molecule has 0 radical (unpaired) electrons. The van der Waals surface area contributed by atoms with Crippen LogP contribution in [0.4, 0.5) is 9.18 Å². The lowest BCUT2D eigenvalue weighted by molar-refractivity contribution is 0.234. The Labute approximate surface area is 71.7 Å². The van der Waals surface area contributed by atoms with Crippen molar-refractivity contribution in [3.8, 4) is 0 Å². The molecule has 1 aliphatic rings. The highest BCUT2D eigenvalue weighted by atomic mass is 19.1. The van der Waals surface area contributed by atoms with Crippen LogP contribution < -0.4 is 10.6 Å². The van der Waals surface area contributed by atoms with E-state index in [1.807, 2.05) is 0 Å². The van der Waals surface area contributed by atoms with E-state index in [4.69, 9.17) is 0 Å². The van der Waals surface area contributed by atoms with Gasteiger partial charge in [0.2, 0.25) is 0 Å². The van der Waals surface area contributed by atoms with Crippen molar-refractivity contribution >= 4 is 6.03 Å². The molecule has 1 saturated carbocycles. The van der Waals surface area contributed by atoms with Gasteiger partial charge in [-0.25, -0.2) is 9.18 Å². The van der Waals surface area contributed by atoms with Crippen LogP contribution >= 0.6 is 0 Å². The van der Waals surface area contributed by atoms with E-state index in [1.165, 1.54) is 0 Å². The highest BCUT2D eigenvalue weighted by molar-refractivity contribution is 5.74. The van der Waals surface area contributed by atoms with Crippen LogP contribution in [-0.2, 0) is 0 Å². The van der Waals surface area contributed by atoms with E-state index in [0.717, 1.165) is 6.42 Å². The molecule has 2 N–H and O–H groups in total. The number of halogens is 1. The molecule has 1 aliphatic carbocycles. The summed E-state index contributed by atoms with van der Waals surface area (Å²) in [6.45, 7) is 3.19. The lowest BCUT2D eigenvalue weighted by Crippen LogP contribution is -2.42. The standard InChI is InChI=1S/C8H15FN2O/c1-5-3-7(5)11-8(12)10-6(2)4-9/h5-7H,3-4H2,1-2H3,(H2,10,11,12)/t5?,6-,7?/m0/s1. The first kappa shape index (κ1) is 9.29. The van der Waals surface area contributed by atoms with Crippen LogP contribution in [0.3, 0.4) is 0 Å². The quantitative estimate of drug-likeness (QED) is 0.659. The van der Waals surface area contributed by atoms with Crippen molar-refractivity contribution in [2.45, 2.75) is 32.4 Å². The molecule has 0 bridgehead atoms. The third-order valence-corrected chi connectivity index (χ3v) is 2.03. The minimum absolute atomic E-state index is 0.255. The largest absolute Gasteiger partial charge is 0.335 e. The summed E-state index contributed by atoms with van der Waals surface area (Å²) in [5.41, 5.74) is 0. The predicted octanol–water partition coefficient (Wildman–Crippen LogP) is 1.05. The highest BCUT2D eigenvalue weighted by Crippen LogP contribution is 2.28. The first-order valence-electron chi connectivity index (χ1n) is 4.26. The molecule has 12 heavy (non-hydrogen) atoms. The number of hydrogen-bond donors (Lipinski definition) is 2. The van der Waals surface area contributed by atoms with Crippen LogP contribution in [-0.4, -0.2) is 24.8 Å². The van der Waals surface area contributed by atoms with E-state index < -0.39 is 6.67 Å². The van der Waals surface area contributed by atoms with Crippen molar-refractivity contribution in [3.63, 3.8) is 0 Å². The number of carbonyl (C=O) groups excluding carboxylic acids is 1. The highest BCUT2D eigenvalue weighted by Gasteiger charge is 2.33. The molecule has 0 aromatic rings. The molecule has 4 heteroatoms. The van der Waals surface area contributed by atoms with Gasteiger partial charge in [-0.05, 0) is 19.3 Å². The van der Waals surface area contributed by atoms with Gasteiger partial charge in [0.25, 0.3) is 0 Å². The van der Waals surface area contributed by atoms with Crippen molar-refractivity contribution in [1.29, 1.82) is 0 Å². The second-order valence-corrected chi connectivity index (χ2v) is 3.49. The number of nitrogens with one attached hydrogen (secondary N) is 2. The summed E-state index contributed by atoms with van der Waals surface area (Å²) in [5, 5.41) is 5.25. The summed E-state index contributed by atoms with van der Waals surface area (Å²) in [6, 6.07) is -0.342. The average molecular weight is 174 g/mol. The van der Waals surface area contributed by atoms with E-state index in [-0.39, 0.29) is 12.1 Å². The average Bonchev–Trinajstić information content (AvgIpc) is 2.66. The lowest BCUT2D eigenvalue weighted by atomic mass is 10.4. The molecule has 1 rings (SSSR count). The van der Waals surface area contributed by atoms with E-state index >= 15 is 0 Å². The molecule has 70 valence electrons. The summed E-state index contributed by atoms with van der Waals surface area (Å²) < 4.78 is 11.9. The molecule has 0 saturated heterocycles. The Morgan fingerprint density at radius 2 is 2.33 bits per heavy atom. The minimum Gasteiger partial charge on any atom is -0.335 e. The number of urea groups is 1. The van der Waals surface area contributed by atoms with E-state index in [1.54, 1.807) is 6.92 Å². The first-order chi connectivity index (χ1) is 5.63. The Morgan fingerprint density at radius 3 is 2.75 bits per heavy atom. The topological polar surface area (TPSA) is 41.1 Å². The molecule has 1 fully saturated rings. The first-order valence-corrected chi connectivity index (χ1v) is 4.26. The second kappa shape index (κ2) is 3.74. The lowest BCUT2D eigenvalue weighted by Gasteiger charge is -2.10. The number of alkyl halides is 1. The normalized spacial score (nSPS) is 29.2. The van der Waals surface area contributed by atoms with Gasteiger partial charge in [0.05, 0.1) is 6.04 Å². The molecule has 0 aromatic heterocycles. The minimum atomic E-state index is -0.520. The van der Waals surface area contributed by atoms with E-state index in [2.05, 4.69) is 17.6 Å². The Morgan fingerprint density at radius 1 is 1.75 bits per heavy atom. The molecule has 0 spiro atoms. The van der Waals surface area contributed by atoms with Crippen molar-refractivity contribution in [2.75, 3.05) is 6.67 Å². The zero-order chi connectivity index (χ0) is 9.14. The summed E-state index contributed by atoms with van der Waals surface area (Å²) >= 11 is 0. The fourth-order valence-electron chi connectivity index (χ4n) is 0.996. The van der Waals surface area contributed by atoms with Gasteiger partial charge < -0.3 is 10.6 Å². The summed E-state index contributed by atoms with van der Waals surface area (Å²) in [7, 11) is 0. The van der Waals surface area contributed by atoms with Gasteiger partial charge in [-0.1, -0.05) is 6.92 Å². The summed E-state index contributed by atoms with van der Waals surface area (Å²) in [6.07, 6.45) is 1.04. The van der Waals surface area contributed by atoms with Crippen LogP contribution in [0.15, 0.2) is 0 Å². The van der Waals surface area contributed by atoms with Crippen LogP contribution in [0.2, 0.25) is 0 Å². The summed E-state index contributed by atoms with van der Waals surface area (Å²) in [5.74, 6) is 0.580. The third-order valence-electron chi connectivity index (χ3n) is 2.03. The van der Waals surface area contributed by atoms with Crippen LogP contribution in [0.1, 0.15) is 20.3 Å². The Hall–Kier alpha value is -0.800. The number of carbonyl (C=O) groups is 1. The van der Waals surface area contributed by atoms with Crippen molar-refractivity contribution in [2.24, 2.45) is 5.92 Å². The molecule has 3 atom stereocenters. The molecule has 2 unspecified atom stereocenters. The van der Waals surface area contributed by atoms with Gasteiger partial charge >= 0.3 is 6.03 Å². The smallest absolute Gasteiger partial charge is 0.315 e. The molecule has 3 nitrogen and oxygen atoms in total. The van der Waals surface area contributed by atoms with Gasteiger partial charge in [-0.15, -0.1) is 0 Å². The zero-order valence-corrected chi connectivity index (χ0v) is 7.43. The maximum atomic E-state index is 11.9. The molecular weight excluding hydrogens is 159 g/mol. The fraction of sp³-hybridized carbons (Fsp3) is 0.875. The predicted molar refractivity (Wildman–Crippen MR) is 44.7 cm³/mol. The van der Waals surface area contributed by atoms with Crippen LogP contribution in [0.5, 0.6) is 0 Å². The van der Waals surface area contributed by atoms with Gasteiger partial charge in [0.15, 0.2) is 0 Å². The number of rotatable bonds is 3. The molecule has 0 aliphatic heterocycles. The van der Waals surface area contributed by atoms with Gasteiger partial charge in [0, 0.05) is 6.04 Å². The maximum absolute atomic E-state index is 11.9. The summed E-state index contributed by atoms with van der Waals surface area (Å²) in [4.78, 5) is 11.0. The fourth-order valence-corrected chi connectivity index (χ4v) is 0.996. The van der Waals surface area contributed by atoms with Crippen LogP contribution in [0, 0.1) is 5.92 Å². The van der Waals surface area contributed by atoms with E-state index in [0.29, 0.717) is 12.0 Å². The van der Waals surface area contributed by atoms with Gasteiger partial charge in [-0.3, -0.25) is 0 Å². The Balaban J connectivity index is 2.12. The van der Waals surface area contributed by atoms with Gasteiger partial charge in [-0.2, -0.15) is 0 Å². The zero-order valence-electron chi connectivity index (χ0n) is 7.43. The molecular formula is C8H15FN2O. The Bertz CT molecular complexity index is 166. The van der Waals surface area contributed by atoms with Crippen molar-refractivity contribution in [3.05, 3.63) is 0 Å². The number of amides is 2. The second-order valence-electron chi connectivity index (χ2n) is 3.49. The molecule has 0 aromatic carbocycles.